The normalized spacial score (nSPS) is 19.2. The summed E-state index contributed by atoms with van der Waals surface area (Å²) >= 11 is 0. The molecule has 0 aliphatic carbocycles. The molecule has 1 aromatic heterocycles. The number of hydrogen-bond donors (Lipinski definition) is 1. The summed E-state index contributed by atoms with van der Waals surface area (Å²) < 4.78 is 4.81. The average Bonchev–Trinajstić information content (AvgIpc) is 2.74. The lowest BCUT2D eigenvalue weighted by Gasteiger charge is -2.22. The lowest BCUT2D eigenvalue weighted by atomic mass is 10.1. The number of likely N-dealkylation sites (N-methyl/N-ethyl adjacent to an activating group) is 1. The van der Waals surface area contributed by atoms with Crippen LogP contribution in [0.1, 0.15) is 5.56 Å². The van der Waals surface area contributed by atoms with Gasteiger partial charge in [-0.1, -0.05) is 0 Å². The standard InChI is InChI=1S/C10H8N2O4/c1-12-9(14)7(8(13)11-10(12)15)4-6-2-3-16-5-6/h2-5H,1H3,(H,11,13,15)/b7-4+. The molecule has 82 valence electrons. The molecule has 2 heterocycles. The van der Waals surface area contributed by atoms with Gasteiger partial charge in [-0.15, -0.1) is 0 Å². The Kier molecular flexibility index (Phi) is 2.32. The molecular weight excluding hydrogens is 212 g/mol. The van der Waals surface area contributed by atoms with Crippen molar-refractivity contribution in [3.63, 3.8) is 0 Å². The molecule has 0 unspecified atom stereocenters. The van der Waals surface area contributed by atoms with E-state index in [1.54, 1.807) is 6.07 Å². The molecular formula is C10H8N2O4. The molecule has 0 atom stereocenters. The third-order valence-electron chi connectivity index (χ3n) is 2.16. The van der Waals surface area contributed by atoms with Crippen molar-refractivity contribution in [3.8, 4) is 0 Å². The summed E-state index contributed by atoms with van der Waals surface area (Å²) in [5.74, 6) is -1.33. The smallest absolute Gasteiger partial charge is 0.331 e. The van der Waals surface area contributed by atoms with E-state index in [9.17, 15) is 14.4 Å². The highest BCUT2D eigenvalue weighted by Crippen LogP contribution is 2.13. The van der Waals surface area contributed by atoms with Crippen LogP contribution < -0.4 is 5.32 Å². The minimum atomic E-state index is -0.723. The Labute approximate surface area is 90.5 Å². The van der Waals surface area contributed by atoms with E-state index >= 15 is 0 Å². The second-order valence-electron chi connectivity index (χ2n) is 3.24. The molecule has 6 nitrogen and oxygen atoms in total. The summed E-state index contributed by atoms with van der Waals surface area (Å²) in [7, 11) is 1.30. The van der Waals surface area contributed by atoms with Crippen LogP contribution in [0.25, 0.3) is 6.08 Å². The third-order valence-corrected chi connectivity index (χ3v) is 2.16. The van der Waals surface area contributed by atoms with Crippen LogP contribution in [0.2, 0.25) is 0 Å². The molecule has 0 bridgehead atoms. The van der Waals surface area contributed by atoms with E-state index in [1.807, 2.05) is 0 Å². The Morgan fingerprint density at radius 1 is 1.38 bits per heavy atom. The van der Waals surface area contributed by atoms with Crippen molar-refractivity contribution in [2.75, 3.05) is 7.05 Å². The van der Waals surface area contributed by atoms with Crippen LogP contribution in [0.15, 0.2) is 28.6 Å². The number of nitrogens with one attached hydrogen (secondary N) is 1. The fraction of sp³-hybridized carbons (Fsp3) is 0.100. The number of barbiturate groups is 1. The number of carbonyl (C=O) groups is 3. The monoisotopic (exact) mass is 220 g/mol. The number of hydrogen-bond acceptors (Lipinski definition) is 4. The largest absolute Gasteiger partial charge is 0.472 e. The van der Waals surface area contributed by atoms with E-state index in [0.717, 1.165) is 4.90 Å². The summed E-state index contributed by atoms with van der Waals surface area (Å²) in [5.41, 5.74) is 0.491. The molecule has 1 fully saturated rings. The molecule has 4 amide bonds. The van der Waals surface area contributed by atoms with E-state index < -0.39 is 17.8 Å². The van der Waals surface area contributed by atoms with Crippen LogP contribution in [0.4, 0.5) is 4.79 Å². The quantitative estimate of drug-likeness (QED) is 0.547. The van der Waals surface area contributed by atoms with Crippen molar-refractivity contribution in [1.29, 1.82) is 0 Å². The second-order valence-corrected chi connectivity index (χ2v) is 3.24. The number of rotatable bonds is 1. The van der Waals surface area contributed by atoms with Gasteiger partial charge in [-0.25, -0.2) is 4.79 Å². The van der Waals surface area contributed by atoms with Crippen molar-refractivity contribution >= 4 is 23.9 Å². The van der Waals surface area contributed by atoms with Gasteiger partial charge in [-0.05, 0) is 12.1 Å². The van der Waals surface area contributed by atoms with Crippen molar-refractivity contribution < 1.29 is 18.8 Å². The molecule has 2 rings (SSSR count). The fourth-order valence-corrected chi connectivity index (χ4v) is 1.27. The maximum atomic E-state index is 11.6. The number of urea groups is 1. The van der Waals surface area contributed by atoms with E-state index in [4.69, 9.17) is 4.42 Å². The SMILES string of the molecule is CN1C(=O)NC(=O)/C(=C\c2ccoc2)C1=O. The van der Waals surface area contributed by atoms with Gasteiger partial charge in [0.15, 0.2) is 0 Å². The van der Waals surface area contributed by atoms with Gasteiger partial charge >= 0.3 is 6.03 Å². The van der Waals surface area contributed by atoms with Gasteiger partial charge in [0.2, 0.25) is 0 Å². The van der Waals surface area contributed by atoms with Crippen LogP contribution in [0.5, 0.6) is 0 Å². The Bertz CT molecular complexity index is 487. The first kappa shape index (κ1) is 10.2. The summed E-state index contributed by atoms with van der Waals surface area (Å²) in [5, 5.41) is 2.05. The topological polar surface area (TPSA) is 79.6 Å². The number of nitrogens with zero attached hydrogens (tertiary/aromatic N) is 1. The molecule has 1 N–H and O–H groups in total. The molecule has 0 aromatic carbocycles. The van der Waals surface area contributed by atoms with Crippen LogP contribution in [-0.4, -0.2) is 29.8 Å². The van der Waals surface area contributed by atoms with Gasteiger partial charge in [0, 0.05) is 12.6 Å². The van der Waals surface area contributed by atoms with Crippen molar-refractivity contribution in [2.45, 2.75) is 0 Å². The lowest BCUT2D eigenvalue weighted by molar-refractivity contribution is -0.129. The molecule has 16 heavy (non-hydrogen) atoms. The third kappa shape index (κ3) is 1.60. The highest BCUT2D eigenvalue weighted by atomic mass is 16.3. The molecule has 1 aliphatic rings. The van der Waals surface area contributed by atoms with Crippen molar-refractivity contribution in [1.82, 2.24) is 10.2 Å². The molecule has 1 saturated heterocycles. The molecule has 0 spiro atoms. The predicted octanol–water partition coefficient (Wildman–Crippen LogP) is 0.371. The van der Waals surface area contributed by atoms with Crippen LogP contribution in [0.3, 0.4) is 0 Å². The molecule has 0 saturated carbocycles. The highest BCUT2D eigenvalue weighted by Gasteiger charge is 2.32. The Balaban J connectivity index is 2.37. The number of furan rings is 1. The van der Waals surface area contributed by atoms with Gasteiger partial charge in [0.05, 0.1) is 12.5 Å². The molecule has 1 aliphatic heterocycles. The zero-order valence-electron chi connectivity index (χ0n) is 8.39. The van der Waals surface area contributed by atoms with E-state index in [1.165, 1.54) is 25.7 Å². The Morgan fingerprint density at radius 3 is 2.75 bits per heavy atom. The van der Waals surface area contributed by atoms with Crippen molar-refractivity contribution in [3.05, 3.63) is 29.7 Å². The van der Waals surface area contributed by atoms with E-state index in [2.05, 4.69) is 5.32 Å². The minimum absolute atomic E-state index is 0.0940. The second kappa shape index (κ2) is 3.65. The number of imide groups is 2. The number of carbonyl (C=O) groups excluding carboxylic acids is 3. The zero-order chi connectivity index (χ0) is 11.7. The summed E-state index contributed by atoms with van der Waals surface area (Å²) in [6.07, 6.45) is 4.18. The number of amides is 4. The zero-order valence-corrected chi connectivity index (χ0v) is 8.39. The summed E-state index contributed by atoms with van der Waals surface area (Å²) in [6, 6.07) is 0.878. The van der Waals surface area contributed by atoms with E-state index in [0.29, 0.717) is 5.56 Å². The minimum Gasteiger partial charge on any atom is -0.472 e. The van der Waals surface area contributed by atoms with E-state index in [-0.39, 0.29) is 5.57 Å². The summed E-state index contributed by atoms with van der Waals surface area (Å²) in [6.45, 7) is 0. The van der Waals surface area contributed by atoms with Gasteiger partial charge in [0.1, 0.15) is 5.57 Å². The molecule has 1 aromatic rings. The first-order chi connectivity index (χ1) is 7.59. The van der Waals surface area contributed by atoms with Crippen molar-refractivity contribution in [2.24, 2.45) is 0 Å². The molecule has 6 heteroatoms. The Morgan fingerprint density at radius 2 is 2.12 bits per heavy atom. The Hall–Kier alpha value is -2.37. The van der Waals surface area contributed by atoms with Gasteiger partial charge in [-0.2, -0.15) is 0 Å². The first-order valence-corrected chi connectivity index (χ1v) is 4.47. The predicted molar refractivity (Wildman–Crippen MR) is 53.0 cm³/mol. The molecule has 0 radical (unpaired) electrons. The first-order valence-electron chi connectivity index (χ1n) is 4.47. The van der Waals surface area contributed by atoms with Crippen LogP contribution >= 0.6 is 0 Å². The highest BCUT2D eigenvalue weighted by molar-refractivity contribution is 6.30. The maximum Gasteiger partial charge on any atom is 0.331 e. The lowest BCUT2D eigenvalue weighted by Crippen LogP contribution is -2.52. The fourth-order valence-electron chi connectivity index (χ4n) is 1.27. The maximum absolute atomic E-state index is 11.6. The van der Waals surface area contributed by atoms with Gasteiger partial charge in [0.25, 0.3) is 11.8 Å². The van der Waals surface area contributed by atoms with Gasteiger partial charge in [-0.3, -0.25) is 19.8 Å². The summed E-state index contributed by atoms with van der Waals surface area (Å²) in [4.78, 5) is 35.0. The van der Waals surface area contributed by atoms with Crippen LogP contribution in [-0.2, 0) is 9.59 Å². The van der Waals surface area contributed by atoms with Gasteiger partial charge < -0.3 is 4.42 Å². The van der Waals surface area contributed by atoms with Crippen LogP contribution in [0, 0.1) is 0 Å². The average molecular weight is 220 g/mol.